The van der Waals surface area contributed by atoms with Crippen LogP contribution in [0.15, 0.2) is 54.6 Å². The lowest BCUT2D eigenvalue weighted by molar-refractivity contribution is -0.122. The topological polar surface area (TPSA) is 102 Å². The Morgan fingerprint density at radius 3 is 2.21 bits per heavy atom. The number of rotatable bonds is 8. The Balaban J connectivity index is 0.00000122. The van der Waals surface area contributed by atoms with Crippen LogP contribution in [-0.2, 0) is 17.6 Å². The van der Waals surface area contributed by atoms with Gasteiger partial charge in [0.15, 0.2) is 0 Å². The van der Waals surface area contributed by atoms with E-state index in [1.807, 2.05) is 44.4 Å². The summed E-state index contributed by atoms with van der Waals surface area (Å²) in [6.45, 7) is 0.922. The highest BCUT2D eigenvalue weighted by atomic mass is 16.3. The molecule has 2 amide bonds. The van der Waals surface area contributed by atoms with Crippen molar-refractivity contribution in [1.82, 2.24) is 15.5 Å². The van der Waals surface area contributed by atoms with E-state index in [-0.39, 0.29) is 24.3 Å². The number of hydrogen-bond donors (Lipinski definition) is 4. The minimum atomic E-state index is -0.250. The van der Waals surface area contributed by atoms with Crippen molar-refractivity contribution in [1.29, 1.82) is 0 Å². The molecule has 2 aromatic carbocycles. The summed E-state index contributed by atoms with van der Waals surface area (Å²) in [5.74, 6) is 0.265. The van der Waals surface area contributed by atoms with Crippen molar-refractivity contribution in [2.45, 2.75) is 18.9 Å². The van der Waals surface area contributed by atoms with E-state index in [0.29, 0.717) is 13.1 Å². The molecule has 0 aliphatic rings. The molecule has 0 aliphatic heterocycles. The summed E-state index contributed by atoms with van der Waals surface area (Å²) in [6.07, 6.45) is 1.62. The molecular formula is C21H29N3O4. The Hall–Kier alpha value is -3.06. The van der Waals surface area contributed by atoms with Crippen molar-refractivity contribution >= 4 is 12.5 Å². The van der Waals surface area contributed by atoms with Crippen LogP contribution in [0.2, 0.25) is 0 Å². The summed E-state index contributed by atoms with van der Waals surface area (Å²) in [6, 6.07) is 17.3. The van der Waals surface area contributed by atoms with Crippen LogP contribution < -0.4 is 10.6 Å². The van der Waals surface area contributed by atoms with E-state index in [1.165, 1.54) is 5.56 Å². The molecule has 0 saturated carbocycles. The number of nitrogens with one attached hydrogen (secondary N) is 2. The van der Waals surface area contributed by atoms with Gasteiger partial charge >= 0.3 is 6.03 Å². The van der Waals surface area contributed by atoms with Gasteiger partial charge in [-0.3, -0.25) is 4.79 Å². The third-order valence-electron chi connectivity index (χ3n) is 4.18. The second-order valence-corrected chi connectivity index (χ2v) is 6.47. The molecule has 0 saturated heterocycles. The maximum absolute atomic E-state index is 12.0. The monoisotopic (exact) mass is 387 g/mol. The SMILES string of the molecule is CN(C)[C@H](CNC(=O)NCCc1ccccc1)Cc1ccc(O)cc1.O=CO. The van der Waals surface area contributed by atoms with Crippen LogP contribution in [0.1, 0.15) is 11.1 Å². The molecule has 2 rings (SSSR count). The van der Waals surface area contributed by atoms with Crippen molar-refractivity contribution < 1.29 is 19.8 Å². The number of likely N-dealkylation sites (N-methyl/N-ethyl adjacent to an activating group) is 1. The first-order valence-electron chi connectivity index (χ1n) is 9.04. The Morgan fingerprint density at radius 2 is 1.64 bits per heavy atom. The van der Waals surface area contributed by atoms with E-state index >= 15 is 0 Å². The smallest absolute Gasteiger partial charge is 0.314 e. The van der Waals surface area contributed by atoms with E-state index < -0.39 is 0 Å². The molecule has 152 valence electrons. The predicted octanol–water partition coefficient (Wildman–Crippen LogP) is 2.11. The minimum absolute atomic E-state index is 0.145. The number of carbonyl (C=O) groups excluding carboxylic acids is 1. The Morgan fingerprint density at radius 1 is 1.04 bits per heavy atom. The maximum atomic E-state index is 12.0. The van der Waals surface area contributed by atoms with Gasteiger partial charge in [0, 0.05) is 19.1 Å². The maximum Gasteiger partial charge on any atom is 0.314 e. The first-order chi connectivity index (χ1) is 13.5. The van der Waals surface area contributed by atoms with Gasteiger partial charge in [-0.25, -0.2) is 4.79 Å². The minimum Gasteiger partial charge on any atom is -0.508 e. The number of carboxylic acid groups (broad SMARTS) is 1. The molecule has 0 aromatic heterocycles. The number of aromatic hydroxyl groups is 1. The fourth-order valence-electron chi connectivity index (χ4n) is 2.58. The van der Waals surface area contributed by atoms with E-state index in [4.69, 9.17) is 9.90 Å². The molecule has 0 unspecified atom stereocenters. The summed E-state index contributed by atoms with van der Waals surface area (Å²) < 4.78 is 0. The van der Waals surface area contributed by atoms with Crippen LogP contribution in [-0.4, -0.2) is 60.8 Å². The van der Waals surface area contributed by atoms with Crippen LogP contribution in [0.25, 0.3) is 0 Å². The number of nitrogens with zero attached hydrogens (tertiary/aromatic N) is 1. The lowest BCUT2D eigenvalue weighted by Crippen LogP contribution is -2.45. The van der Waals surface area contributed by atoms with E-state index in [2.05, 4.69) is 27.7 Å². The summed E-state index contributed by atoms with van der Waals surface area (Å²) in [5.41, 5.74) is 2.34. The number of amides is 2. The number of urea groups is 1. The molecule has 7 heteroatoms. The molecule has 7 nitrogen and oxygen atoms in total. The zero-order valence-electron chi connectivity index (χ0n) is 16.3. The van der Waals surface area contributed by atoms with Crippen LogP contribution >= 0.6 is 0 Å². The van der Waals surface area contributed by atoms with Gasteiger partial charge in [-0.15, -0.1) is 0 Å². The third-order valence-corrected chi connectivity index (χ3v) is 4.18. The number of hydrogen-bond acceptors (Lipinski definition) is 4. The molecule has 28 heavy (non-hydrogen) atoms. The summed E-state index contributed by atoms with van der Waals surface area (Å²) in [5, 5.41) is 22.1. The highest BCUT2D eigenvalue weighted by Gasteiger charge is 2.13. The van der Waals surface area contributed by atoms with Crippen molar-refractivity contribution in [2.75, 3.05) is 27.2 Å². The summed E-state index contributed by atoms with van der Waals surface area (Å²) in [7, 11) is 4.00. The molecule has 1 atom stereocenters. The molecule has 0 heterocycles. The fourth-order valence-corrected chi connectivity index (χ4v) is 2.58. The number of benzene rings is 2. The lowest BCUT2D eigenvalue weighted by atomic mass is 10.1. The molecule has 4 N–H and O–H groups in total. The van der Waals surface area contributed by atoms with Crippen molar-refractivity contribution in [2.24, 2.45) is 0 Å². The normalized spacial score (nSPS) is 11.1. The van der Waals surface area contributed by atoms with Gasteiger partial charge in [-0.1, -0.05) is 42.5 Å². The second kappa shape index (κ2) is 13.2. The highest BCUT2D eigenvalue weighted by molar-refractivity contribution is 5.73. The summed E-state index contributed by atoms with van der Waals surface area (Å²) >= 11 is 0. The van der Waals surface area contributed by atoms with E-state index in [1.54, 1.807) is 12.1 Å². The van der Waals surface area contributed by atoms with Gasteiger partial charge in [0.05, 0.1) is 0 Å². The van der Waals surface area contributed by atoms with Crippen molar-refractivity contribution in [3.8, 4) is 5.75 Å². The zero-order chi connectivity index (χ0) is 20.8. The standard InChI is InChI=1S/C20H27N3O2.CH2O2/c1-23(2)18(14-17-8-10-19(24)11-9-17)15-22-20(25)21-13-12-16-6-4-3-5-7-16;2-1-3/h3-11,18,24H,12-15H2,1-2H3,(H2,21,22,25);1H,(H,2,3)/t18-;/m0./s1. The van der Waals surface area contributed by atoms with Crippen molar-refractivity contribution in [3.63, 3.8) is 0 Å². The molecule has 2 aromatic rings. The average molecular weight is 387 g/mol. The zero-order valence-corrected chi connectivity index (χ0v) is 16.3. The van der Waals surface area contributed by atoms with Crippen LogP contribution in [0.5, 0.6) is 5.75 Å². The predicted molar refractivity (Wildman–Crippen MR) is 110 cm³/mol. The van der Waals surface area contributed by atoms with Crippen molar-refractivity contribution in [3.05, 3.63) is 65.7 Å². The first kappa shape index (κ1) is 23.0. The van der Waals surface area contributed by atoms with Gasteiger partial charge in [0.25, 0.3) is 6.47 Å². The van der Waals surface area contributed by atoms with E-state index in [9.17, 15) is 9.90 Å². The molecule has 0 aliphatic carbocycles. The fraction of sp³-hybridized carbons (Fsp3) is 0.333. The van der Waals surface area contributed by atoms with Gasteiger partial charge in [0.2, 0.25) is 0 Å². The Bertz CT molecular complexity index is 691. The highest BCUT2D eigenvalue weighted by Crippen LogP contribution is 2.12. The average Bonchev–Trinajstić information content (AvgIpc) is 2.68. The first-order valence-corrected chi connectivity index (χ1v) is 9.04. The van der Waals surface area contributed by atoms with Crippen LogP contribution in [0, 0.1) is 0 Å². The quantitative estimate of drug-likeness (QED) is 0.520. The number of phenolic OH excluding ortho intramolecular Hbond substituents is 1. The third kappa shape index (κ3) is 9.59. The largest absolute Gasteiger partial charge is 0.508 e. The molecular weight excluding hydrogens is 358 g/mol. The second-order valence-electron chi connectivity index (χ2n) is 6.47. The van der Waals surface area contributed by atoms with Gasteiger partial charge in [0.1, 0.15) is 5.75 Å². The van der Waals surface area contributed by atoms with Gasteiger partial charge in [-0.2, -0.15) is 0 Å². The van der Waals surface area contributed by atoms with Crippen LogP contribution in [0.3, 0.4) is 0 Å². The van der Waals surface area contributed by atoms with Crippen LogP contribution in [0.4, 0.5) is 4.79 Å². The van der Waals surface area contributed by atoms with Gasteiger partial charge < -0.3 is 25.7 Å². The number of phenols is 1. The molecule has 0 radical (unpaired) electrons. The molecule has 0 spiro atoms. The Labute approximate surface area is 166 Å². The molecule has 0 fully saturated rings. The Kier molecular flexibility index (Phi) is 10.8. The summed E-state index contributed by atoms with van der Waals surface area (Å²) in [4.78, 5) is 22.4. The molecule has 0 bridgehead atoms. The lowest BCUT2D eigenvalue weighted by Gasteiger charge is -2.25. The number of carbonyl (C=O) groups is 2. The van der Waals surface area contributed by atoms with E-state index in [0.717, 1.165) is 18.4 Å². The van der Waals surface area contributed by atoms with Gasteiger partial charge in [-0.05, 0) is 50.2 Å².